The van der Waals surface area contributed by atoms with Crippen molar-refractivity contribution < 1.29 is 9.47 Å². The Labute approximate surface area is 106 Å². The van der Waals surface area contributed by atoms with E-state index in [9.17, 15) is 0 Å². The topological polar surface area (TPSA) is 70.3 Å². The van der Waals surface area contributed by atoms with Crippen molar-refractivity contribution >= 4 is 5.69 Å². The number of methoxy groups -OCH3 is 1. The molecule has 94 valence electrons. The van der Waals surface area contributed by atoms with Crippen LogP contribution in [0.5, 0.6) is 17.5 Å². The summed E-state index contributed by atoms with van der Waals surface area (Å²) in [6.45, 7) is 3.71. The van der Waals surface area contributed by atoms with E-state index < -0.39 is 0 Å². The number of aromatic nitrogens is 2. The quantitative estimate of drug-likeness (QED) is 0.841. The van der Waals surface area contributed by atoms with Crippen molar-refractivity contribution in [1.82, 2.24) is 9.97 Å². The zero-order valence-electron chi connectivity index (χ0n) is 10.6. The highest BCUT2D eigenvalue weighted by Gasteiger charge is 2.06. The summed E-state index contributed by atoms with van der Waals surface area (Å²) in [5.41, 5.74) is 7.34. The minimum absolute atomic E-state index is 0.451. The van der Waals surface area contributed by atoms with Gasteiger partial charge in [0.2, 0.25) is 11.8 Å². The van der Waals surface area contributed by atoms with E-state index in [2.05, 4.69) is 9.97 Å². The van der Waals surface area contributed by atoms with Gasteiger partial charge >= 0.3 is 0 Å². The standard InChI is InChI=1S/C13H15N3O2/c1-8-6-10(14)4-5-11(8)18-13-7-12(17-3)15-9(2)16-13/h4-7H,14H2,1-3H3. The van der Waals surface area contributed by atoms with Gasteiger partial charge in [-0.1, -0.05) is 0 Å². The summed E-state index contributed by atoms with van der Waals surface area (Å²) in [7, 11) is 1.56. The predicted octanol–water partition coefficient (Wildman–Crippen LogP) is 2.48. The Morgan fingerprint density at radius 1 is 1.06 bits per heavy atom. The highest BCUT2D eigenvalue weighted by Crippen LogP contribution is 2.26. The lowest BCUT2D eigenvalue weighted by atomic mass is 10.2. The third-order valence-electron chi connectivity index (χ3n) is 2.41. The van der Waals surface area contributed by atoms with Gasteiger partial charge in [-0.2, -0.15) is 9.97 Å². The lowest BCUT2D eigenvalue weighted by molar-refractivity contribution is 0.385. The molecule has 1 aromatic heterocycles. The zero-order valence-corrected chi connectivity index (χ0v) is 10.6. The fourth-order valence-electron chi connectivity index (χ4n) is 1.57. The maximum Gasteiger partial charge on any atom is 0.226 e. The molecular formula is C13H15N3O2. The number of nitrogen functional groups attached to an aromatic ring is 1. The Hall–Kier alpha value is -2.30. The van der Waals surface area contributed by atoms with Crippen LogP contribution in [0.2, 0.25) is 0 Å². The average Bonchev–Trinajstić information content (AvgIpc) is 2.32. The van der Waals surface area contributed by atoms with Crippen LogP contribution in [-0.2, 0) is 0 Å². The summed E-state index contributed by atoms with van der Waals surface area (Å²) in [4.78, 5) is 8.29. The molecule has 1 heterocycles. The summed E-state index contributed by atoms with van der Waals surface area (Å²) in [6.07, 6.45) is 0. The van der Waals surface area contributed by atoms with Crippen molar-refractivity contribution in [3.8, 4) is 17.5 Å². The van der Waals surface area contributed by atoms with Crippen LogP contribution in [0.4, 0.5) is 5.69 Å². The van der Waals surface area contributed by atoms with Crippen molar-refractivity contribution in [2.24, 2.45) is 0 Å². The molecule has 0 aliphatic carbocycles. The van der Waals surface area contributed by atoms with E-state index in [0.717, 1.165) is 5.56 Å². The molecule has 18 heavy (non-hydrogen) atoms. The third-order valence-corrected chi connectivity index (χ3v) is 2.41. The van der Waals surface area contributed by atoms with Gasteiger partial charge in [-0.15, -0.1) is 0 Å². The first-order valence-corrected chi connectivity index (χ1v) is 5.52. The Morgan fingerprint density at radius 2 is 1.78 bits per heavy atom. The molecule has 5 heteroatoms. The molecule has 2 aromatic rings. The number of anilines is 1. The van der Waals surface area contributed by atoms with Crippen LogP contribution in [0, 0.1) is 13.8 Å². The molecular weight excluding hydrogens is 230 g/mol. The molecule has 0 amide bonds. The largest absolute Gasteiger partial charge is 0.481 e. The molecule has 0 radical (unpaired) electrons. The van der Waals surface area contributed by atoms with Crippen LogP contribution in [0.3, 0.4) is 0 Å². The van der Waals surface area contributed by atoms with Crippen molar-refractivity contribution in [3.63, 3.8) is 0 Å². The van der Waals surface area contributed by atoms with Crippen LogP contribution < -0.4 is 15.2 Å². The number of benzene rings is 1. The second-order valence-electron chi connectivity index (χ2n) is 3.92. The lowest BCUT2D eigenvalue weighted by Crippen LogP contribution is -1.97. The number of rotatable bonds is 3. The number of nitrogens with zero attached hydrogens (tertiary/aromatic N) is 2. The van der Waals surface area contributed by atoms with Gasteiger partial charge in [0.05, 0.1) is 13.2 Å². The number of ether oxygens (including phenoxy) is 2. The van der Waals surface area contributed by atoms with Crippen LogP contribution in [-0.4, -0.2) is 17.1 Å². The maximum atomic E-state index is 5.70. The molecule has 0 spiro atoms. The smallest absolute Gasteiger partial charge is 0.226 e. The van der Waals surface area contributed by atoms with E-state index in [1.54, 1.807) is 26.2 Å². The predicted molar refractivity (Wildman–Crippen MR) is 69.0 cm³/mol. The first-order chi connectivity index (χ1) is 8.58. The first kappa shape index (κ1) is 12.2. The molecule has 0 atom stereocenters. The van der Waals surface area contributed by atoms with Gasteiger partial charge < -0.3 is 15.2 Å². The number of hydrogen-bond acceptors (Lipinski definition) is 5. The van der Waals surface area contributed by atoms with E-state index in [1.165, 1.54) is 0 Å². The van der Waals surface area contributed by atoms with Gasteiger partial charge in [0.15, 0.2) is 0 Å². The van der Waals surface area contributed by atoms with E-state index in [0.29, 0.717) is 29.0 Å². The fraction of sp³-hybridized carbons (Fsp3) is 0.231. The summed E-state index contributed by atoms with van der Waals surface area (Å²) in [5, 5.41) is 0. The summed E-state index contributed by atoms with van der Waals surface area (Å²) >= 11 is 0. The molecule has 2 rings (SSSR count). The first-order valence-electron chi connectivity index (χ1n) is 5.52. The Balaban J connectivity index is 2.30. The van der Waals surface area contributed by atoms with Gasteiger partial charge in [-0.25, -0.2) is 0 Å². The molecule has 0 fully saturated rings. The van der Waals surface area contributed by atoms with Crippen molar-refractivity contribution in [2.45, 2.75) is 13.8 Å². The Morgan fingerprint density at radius 3 is 2.44 bits per heavy atom. The second kappa shape index (κ2) is 4.91. The van der Waals surface area contributed by atoms with E-state index in [4.69, 9.17) is 15.2 Å². The van der Waals surface area contributed by atoms with Gasteiger partial charge in [0.25, 0.3) is 0 Å². The highest BCUT2D eigenvalue weighted by molar-refractivity contribution is 5.48. The van der Waals surface area contributed by atoms with Crippen molar-refractivity contribution in [1.29, 1.82) is 0 Å². The monoisotopic (exact) mass is 245 g/mol. The molecule has 0 bridgehead atoms. The lowest BCUT2D eigenvalue weighted by Gasteiger charge is -2.09. The SMILES string of the molecule is COc1cc(Oc2ccc(N)cc2C)nc(C)n1. The maximum absolute atomic E-state index is 5.70. The summed E-state index contributed by atoms with van der Waals surface area (Å²) in [5.74, 6) is 2.24. The molecule has 0 aliphatic rings. The number of hydrogen-bond donors (Lipinski definition) is 1. The summed E-state index contributed by atoms with van der Waals surface area (Å²) in [6, 6.07) is 7.09. The van der Waals surface area contributed by atoms with Crippen LogP contribution in [0.1, 0.15) is 11.4 Å². The zero-order chi connectivity index (χ0) is 13.1. The molecule has 0 saturated heterocycles. The van der Waals surface area contributed by atoms with E-state index >= 15 is 0 Å². The second-order valence-corrected chi connectivity index (χ2v) is 3.92. The van der Waals surface area contributed by atoms with Gasteiger partial charge in [-0.3, -0.25) is 0 Å². The minimum Gasteiger partial charge on any atom is -0.481 e. The Bertz CT molecular complexity index is 570. The third kappa shape index (κ3) is 2.68. The fourth-order valence-corrected chi connectivity index (χ4v) is 1.57. The molecule has 0 saturated carbocycles. The van der Waals surface area contributed by atoms with Gasteiger partial charge in [0.1, 0.15) is 11.6 Å². The van der Waals surface area contributed by atoms with E-state index in [-0.39, 0.29) is 0 Å². The normalized spacial score (nSPS) is 10.2. The molecule has 1 aromatic carbocycles. The van der Waals surface area contributed by atoms with Gasteiger partial charge in [-0.05, 0) is 37.6 Å². The number of nitrogens with two attached hydrogens (primary N) is 1. The average molecular weight is 245 g/mol. The minimum atomic E-state index is 0.451. The van der Waals surface area contributed by atoms with Crippen LogP contribution in [0.15, 0.2) is 24.3 Å². The van der Waals surface area contributed by atoms with Crippen molar-refractivity contribution in [3.05, 3.63) is 35.7 Å². The number of aryl methyl sites for hydroxylation is 2. The van der Waals surface area contributed by atoms with Crippen LogP contribution >= 0.6 is 0 Å². The van der Waals surface area contributed by atoms with E-state index in [1.807, 2.05) is 19.1 Å². The van der Waals surface area contributed by atoms with Gasteiger partial charge in [0, 0.05) is 5.69 Å². The van der Waals surface area contributed by atoms with Crippen molar-refractivity contribution in [2.75, 3.05) is 12.8 Å². The van der Waals surface area contributed by atoms with Crippen LogP contribution in [0.25, 0.3) is 0 Å². The molecule has 0 unspecified atom stereocenters. The summed E-state index contributed by atoms with van der Waals surface area (Å²) < 4.78 is 10.8. The molecule has 0 aliphatic heterocycles. The molecule has 5 nitrogen and oxygen atoms in total. The highest BCUT2D eigenvalue weighted by atomic mass is 16.5. The Kier molecular flexibility index (Phi) is 3.32. The molecule has 2 N–H and O–H groups in total.